The monoisotopic (exact) mass is 278 g/mol. The highest BCUT2D eigenvalue weighted by Gasteiger charge is 2.51. The molecule has 2 rings (SSSR count). The summed E-state index contributed by atoms with van der Waals surface area (Å²) in [4.78, 5) is 37.2. The maximum Gasteiger partial charge on any atom is 0.325 e. The van der Waals surface area contributed by atoms with Crippen LogP contribution >= 0.6 is 0 Å². The van der Waals surface area contributed by atoms with E-state index in [2.05, 4.69) is 5.32 Å². The lowest BCUT2D eigenvalue weighted by Gasteiger charge is -2.19. The number of hydrogen-bond acceptors (Lipinski definition) is 4. The molecule has 1 N–H and O–H groups in total. The first-order valence-corrected chi connectivity index (χ1v) is 6.61. The van der Waals surface area contributed by atoms with E-state index < -0.39 is 17.5 Å². The Morgan fingerprint density at radius 2 is 2.20 bits per heavy atom. The van der Waals surface area contributed by atoms with Crippen LogP contribution in [0.4, 0.5) is 4.79 Å². The minimum absolute atomic E-state index is 0.125. The fourth-order valence-electron chi connectivity index (χ4n) is 2.11. The zero-order chi connectivity index (χ0) is 14.9. The predicted molar refractivity (Wildman–Crippen MR) is 70.8 cm³/mol. The molecule has 1 aromatic heterocycles. The van der Waals surface area contributed by atoms with Crippen molar-refractivity contribution in [1.29, 1.82) is 0 Å². The Labute approximate surface area is 117 Å². The van der Waals surface area contributed by atoms with Crippen LogP contribution in [0.5, 0.6) is 0 Å². The Morgan fingerprint density at radius 3 is 2.75 bits per heavy atom. The second-order valence-electron chi connectivity index (χ2n) is 5.20. The number of nitrogens with one attached hydrogen (secondary N) is 1. The third kappa shape index (κ3) is 2.21. The number of urea groups is 1. The SMILES string of the molecule is CCC(C)C(=O)CN1C(=O)NC(C)(c2ccco2)C1=O. The van der Waals surface area contributed by atoms with Gasteiger partial charge in [-0.25, -0.2) is 4.79 Å². The Balaban J connectivity index is 2.20. The lowest BCUT2D eigenvalue weighted by molar-refractivity contribution is -0.135. The first-order valence-electron chi connectivity index (χ1n) is 6.61. The van der Waals surface area contributed by atoms with E-state index in [1.54, 1.807) is 26.0 Å². The Kier molecular flexibility index (Phi) is 3.65. The highest BCUT2D eigenvalue weighted by molar-refractivity contribution is 6.09. The summed E-state index contributed by atoms with van der Waals surface area (Å²) in [7, 11) is 0. The van der Waals surface area contributed by atoms with Crippen LogP contribution in [-0.2, 0) is 15.1 Å². The number of carbonyl (C=O) groups excluding carboxylic acids is 3. The molecule has 6 nitrogen and oxygen atoms in total. The van der Waals surface area contributed by atoms with Gasteiger partial charge in [-0.05, 0) is 25.5 Å². The van der Waals surface area contributed by atoms with E-state index >= 15 is 0 Å². The fraction of sp³-hybridized carbons (Fsp3) is 0.500. The summed E-state index contributed by atoms with van der Waals surface area (Å²) < 4.78 is 5.21. The zero-order valence-electron chi connectivity index (χ0n) is 11.8. The van der Waals surface area contributed by atoms with E-state index in [1.807, 2.05) is 6.92 Å². The van der Waals surface area contributed by atoms with Crippen LogP contribution in [0.1, 0.15) is 33.0 Å². The van der Waals surface area contributed by atoms with E-state index in [0.717, 1.165) is 4.90 Å². The van der Waals surface area contributed by atoms with Gasteiger partial charge in [-0.15, -0.1) is 0 Å². The molecule has 1 aliphatic rings. The number of rotatable bonds is 5. The number of nitrogens with zero attached hydrogens (tertiary/aromatic N) is 1. The van der Waals surface area contributed by atoms with Gasteiger partial charge in [-0.2, -0.15) is 0 Å². The topological polar surface area (TPSA) is 79.6 Å². The number of ketones is 1. The molecule has 0 bridgehead atoms. The summed E-state index contributed by atoms with van der Waals surface area (Å²) in [6.07, 6.45) is 2.12. The molecular weight excluding hydrogens is 260 g/mol. The number of carbonyl (C=O) groups is 3. The molecule has 0 aliphatic carbocycles. The fourth-order valence-corrected chi connectivity index (χ4v) is 2.11. The molecule has 2 unspecified atom stereocenters. The quantitative estimate of drug-likeness (QED) is 0.831. The van der Waals surface area contributed by atoms with Crippen LogP contribution in [0.15, 0.2) is 22.8 Å². The number of Topliss-reactive ketones (excluding diaryl/α,β-unsaturated/α-hetero) is 1. The number of furan rings is 1. The standard InChI is InChI=1S/C14H18N2O4/c1-4-9(2)10(17)8-16-12(18)14(3,15-13(16)19)11-6-5-7-20-11/h5-7,9H,4,8H2,1-3H3,(H,15,19). The van der Waals surface area contributed by atoms with E-state index in [-0.39, 0.29) is 18.2 Å². The van der Waals surface area contributed by atoms with Crippen LogP contribution in [0, 0.1) is 5.92 Å². The zero-order valence-corrected chi connectivity index (χ0v) is 11.8. The molecular formula is C14H18N2O4. The Bertz CT molecular complexity index is 537. The minimum Gasteiger partial charge on any atom is -0.466 e. The molecule has 1 fully saturated rings. The predicted octanol–water partition coefficient (Wildman–Crippen LogP) is 1.66. The van der Waals surface area contributed by atoms with Gasteiger partial charge in [0.15, 0.2) is 11.3 Å². The molecule has 2 atom stereocenters. The molecule has 3 amide bonds. The first-order chi connectivity index (χ1) is 9.40. The molecule has 20 heavy (non-hydrogen) atoms. The van der Waals surface area contributed by atoms with Crippen molar-refractivity contribution < 1.29 is 18.8 Å². The van der Waals surface area contributed by atoms with Crippen LogP contribution in [0.25, 0.3) is 0 Å². The van der Waals surface area contributed by atoms with Gasteiger partial charge in [-0.1, -0.05) is 13.8 Å². The lowest BCUT2D eigenvalue weighted by atomic mass is 9.98. The molecule has 0 saturated carbocycles. The molecule has 6 heteroatoms. The summed E-state index contributed by atoms with van der Waals surface area (Å²) in [5.74, 6) is -0.408. The molecule has 1 saturated heterocycles. The van der Waals surface area contributed by atoms with E-state index in [0.29, 0.717) is 12.2 Å². The van der Waals surface area contributed by atoms with E-state index in [9.17, 15) is 14.4 Å². The van der Waals surface area contributed by atoms with Crippen LogP contribution in [0.2, 0.25) is 0 Å². The normalized spacial score (nSPS) is 23.9. The second kappa shape index (κ2) is 5.11. The van der Waals surface area contributed by atoms with Crippen molar-refractivity contribution >= 4 is 17.7 Å². The Hall–Kier alpha value is -2.11. The molecule has 1 aromatic rings. The maximum absolute atomic E-state index is 12.4. The van der Waals surface area contributed by atoms with Crippen molar-refractivity contribution in [2.45, 2.75) is 32.7 Å². The van der Waals surface area contributed by atoms with Crippen LogP contribution in [0.3, 0.4) is 0 Å². The van der Waals surface area contributed by atoms with Gasteiger partial charge in [0, 0.05) is 5.92 Å². The Morgan fingerprint density at radius 1 is 1.50 bits per heavy atom. The van der Waals surface area contributed by atoms with Gasteiger partial charge in [-0.3, -0.25) is 14.5 Å². The third-order valence-electron chi connectivity index (χ3n) is 3.76. The van der Waals surface area contributed by atoms with Crippen LogP contribution in [-0.4, -0.2) is 29.2 Å². The summed E-state index contributed by atoms with van der Waals surface area (Å²) in [5, 5.41) is 2.59. The van der Waals surface area contributed by atoms with Gasteiger partial charge in [0.1, 0.15) is 5.76 Å². The molecule has 108 valence electrons. The maximum atomic E-state index is 12.4. The molecule has 0 radical (unpaired) electrons. The highest BCUT2D eigenvalue weighted by atomic mass is 16.3. The highest BCUT2D eigenvalue weighted by Crippen LogP contribution is 2.29. The first kappa shape index (κ1) is 14.3. The van der Waals surface area contributed by atoms with Gasteiger partial charge < -0.3 is 9.73 Å². The number of amides is 3. The second-order valence-corrected chi connectivity index (χ2v) is 5.20. The smallest absolute Gasteiger partial charge is 0.325 e. The summed E-state index contributed by atoms with van der Waals surface area (Å²) in [6.45, 7) is 5.05. The summed E-state index contributed by atoms with van der Waals surface area (Å²) in [6, 6.07) is 2.70. The van der Waals surface area contributed by atoms with Gasteiger partial charge >= 0.3 is 6.03 Å². The van der Waals surface area contributed by atoms with Crippen molar-refractivity contribution in [2.24, 2.45) is 5.92 Å². The summed E-state index contributed by atoms with van der Waals surface area (Å²) in [5.41, 5.74) is -1.24. The van der Waals surface area contributed by atoms with Gasteiger partial charge in [0.2, 0.25) is 0 Å². The lowest BCUT2D eigenvalue weighted by Crippen LogP contribution is -2.41. The molecule has 2 heterocycles. The average Bonchev–Trinajstić information content (AvgIpc) is 3.02. The van der Waals surface area contributed by atoms with Crippen molar-refractivity contribution in [3.63, 3.8) is 0 Å². The molecule has 0 spiro atoms. The van der Waals surface area contributed by atoms with Crippen molar-refractivity contribution in [2.75, 3.05) is 6.54 Å². The van der Waals surface area contributed by atoms with Crippen molar-refractivity contribution in [1.82, 2.24) is 10.2 Å². The van der Waals surface area contributed by atoms with Gasteiger partial charge in [0.25, 0.3) is 5.91 Å². The summed E-state index contributed by atoms with van der Waals surface area (Å²) >= 11 is 0. The van der Waals surface area contributed by atoms with Gasteiger partial charge in [0.05, 0.1) is 12.8 Å². The largest absolute Gasteiger partial charge is 0.466 e. The number of imide groups is 1. The molecule has 1 aliphatic heterocycles. The third-order valence-corrected chi connectivity index (χ3v) is 3.76. The number of hydrogen-bond donors (Lipinski definition) is 1. The van der Waals surface area contributed by atoms with E-state index in [1.165, 1.54) is 6.26 Å². The average molecular weight is 278 g/mol. The molecule has 0 aromatic carbocycles. The minimum atomic E-state index is -1.24. The van der Waals surface area contributed by atoms with Crippen molar-refractivity contribution in [3.8, 4) is 0 Å². The van der Waals surface area contributed by atoms with Crippen LogP contribution < -0.4 is 5.32 Å². The van der Waals surface area contributed by atoms with Crippen molar-refractivity contribution in [3.05, 3.63) is 24.2 Å². The van der Waals surface area contributed by atoms with E-state index in [4.69, 9.17) is 4.42 Å².